The van der Waals surface area contributed by atoms with Crippen LogP contribution in [0.2, 0.25) is 0 Å². The molecule has 0 aliphatic carbocycles. The second-order valence-electron chi connectivity index (χ2n) is 7.08. The second-order valence-corrected chi connectivity index (χ2v) is 12.5. The van der Waals surface area contributed by atoms with Crippen LogP contribution < -0.4 is 0 Å². The van der Waals surface area contributed by atoms with Gasteiger partial charge in [-0.15, -0.1) is 56.7 Å². The third kappa shape index (κ3) is 2.19. The maximum atomic E-state index is 2.42. The van der Waals surface area contributed by atoms with Crippen molar-refractivity contribution < 1.29 is 0 Å². The lowest BCUT2D eigenvalue weighted by atomic mass is 10.2. The molecule has 0 amide bonds. The summed E-state index contributed by atoms with van der Waals surface area (Å²) >= 11 is 9.55. The van der Waals surface area contributed by atoms with Crippen molar-refractivity contribution in [1.82, 2.24) is 0 Å². The molecule has 7 rings (SSSR count). The smallest absolute Gasteiger partial charge is 0.0542 e. The molecule has 0 aliphatic rings. The van der Waals surface area contributed by atoms with Gasteiger partial charge in [-0.1, -0.05) is 6.07 Å². The lowest BCUT2D eigenvalue weighted by Crippen LogP contribution is -1.64. The van der Waals surface area contributed by atoms with Crippen LogP contribution in [0.3, 0.4) is 0 Å². The van der Waals surface area contributed by atoms with E-state index in [1.54, 1.807) is 0 Å². The van der Waals surface area contributed by atoms with Gasteiger partial charge in [0.05, 0.1) is 9.40 Å². The van der Waals surface area contributed by atoms with Crippen molar-refractivity contribution >= 4 is 106 Å². The molecule has 0 fully saturated rings. The standard InChI is InChI=1S/C23H12S5/c1-11-5-12-6-19-14(9-17(12)25-11)22-23(27-19)15-10-18-13(7-20(15)28-22)8-21(26-18)16-3-2-4-24-16/h2-10H,1H3. The lowest BCUT2D eigenvalue weighted by molar-refractivity contribution is 1.66. The maximum absolute atomic E-state index is 2.42. The molecule has 0 saturated carbocycles. The fourth-order valence-electron chi connectivity index (χ4n) is 4.00. The van der Waals surface area contributed by atoms with Crippen molar-refractivity contribution in [1.29, 1.82) is 0 Å². The molecule has 0 radical (unpaired) electrons. The Bertz CT molecular complexity index is 1660. The predicted octanol–water partition coefficient (Wildman–Crippen LogP) is 9.74. The quantitative estimate of drug-likeness (QED) is 0.234. The minimum Gasteiger partial charge on any atom is -0.143 e. The first kappa shape index (κ1) is 16.1. The number of benzene rings is 2. The van der Waals surface area contributed by atoms with E-state index in [0.717, 1.165) is 0 Å². The van der Waals surface area contributed by atoms with E-state index in [9.17, 15) is 0 Å². The third-order valence-corrected chi connectivity index (χ3v) is 10.9. The van der Waals surface area contributed by atoms with Crippen molar-refractivity contribution in [2.75, 3.05) is 0 Å². The summed E-state index contributed by atoms with van der Waals surface area (Å²) in [6.45, 7) is 2.20. The van der Waals surface area contributed by atoms with Gasteiger partial charge in [-0.25, -0.2) is 0 Å². The molecule has 134 valence electrons. The molecule has 5 heterocycles. The number of hydrogen-bond donors (Lipinski definition) is 0. The summed E-state index contributed by atoms with van der Waals surface area (Å²) < 4.78 is 8.54. The summed E-state index contributed by atoms with van der Waals surface area (Å²) in [7, 11) is 0. The van der Waals surface area contributed by atoms with Gasteiger partial charge in [0, 0.05) is 44.2 Å². The topological polar surface area (TPSA) is 0 Å². The summed E-state index contributed by atoms with van der Waals surface area (Å²) in [5.41, 5.74) is 0. The van der Waals surface area contributed by atoms with E-state index in [-0.39, 0.29) is 0 Å². The number of aryl methyl sites for hydroxylation is 1. The van der Waals surface area contributed by atoms with Gasteiger partial charge >= 0.3 is 0 Å². The zero-order valence-electron chi connectivity index (χ0n) is 14.7. The minimum absolute atomic E-state index is 1.37. The van der Waals surface area contributed by atoms with Crippen molar-refractivity contribution in [3.05, 3.63) is 58.8 Å². The highest BCUT2D eigenvalue weighted by molar-refractivity contribution is 7.37. The largest absolute Gasteiger partial charge is 0.143 e. The summed E-state index contributed by atoms with van der Waals surface area (Å²) in [6.07, 6.45) is 0. The van der Waals surface area contributed by atoms with Crippen molar-refractivity contribution in [2.24, 2.45) is 0 Å². The molecule has 5 heteroatoms. The average Bonchev–Trinajstić information content (AvgIpc) is 3.46. The van der Waals surface area contributed by atoms with E-state index in [4.69, 9.17) is 0 Å². The fraction of sp³-hybridized carbons (Fsp3) is 0.0435. The molecule has 0 nitrogen and oxygen atoms in total. The molecule has 0 spiro atoms. The van der Waals surface area contributed by atoms with Crippen LogP contribution >= 0.6 is 56.7 Å². The first-order valence-electron chi connectivity index (χ1n) is 8.99. The molecule has 2 aromatic carbocycles. The molecular weight excluding hydrogens is 437 g/mol. The third-order valence-electron chi connectivity index (χ3n) is 5.24. The van der Waals surface area contributed by atoms with Crippen LogP contribution in [-0.4, -0.2) is 0 Å². The predicted molar refractivity (Wildman–Crippen MR) is 134 cm³/mol. The summed E-state index contributed by atoms with van der Waals surface area (Å²) in [6, 6.07) is 18.6. The van der Waals surface area contributed by atoms with E-state index in [1.165, 1.54) is 64.4 Å². The second kappa shape index (κ2) is 5.65. The van der Waals surface area contributed by atoms with E-state index < -0.39 is 0 Å². The SMILES string of the molecule is Cc1cc2cc3sc4c5cc6sc(-c7cccs7)cc6cc5sc4c3cc2s1. The van der Waals surface area contributed by atoms with Crippen molar-refractivity contribution in [3.8, 4) is 9.75 Å². The first-order valence-corrected chi connectivity index (χ1v) is 13.1. The number of rotatable bonds is 1. The van der Waals surface area contributed by atoms with Crippen LogP contribution in [0.1, 0.15) is 4.88 Å². The van der Waals surface area contributed by atoms with Crippen LogP contribution in [-0.2, 0) is 0 Å². The van der Waals surface area contributed by atoms with E-state index in [2.05, 4.69) is 60.8 Å². The Morgan fingerprint density at radius 3 is 1.96 bits per heavy atom. The Morgan fingerprint density at radius 1 is 0.607 bits per heavy atom. The fourth-order valence-corrected chi connectivity index (χ4v) is 9.55. The average molecular weight is 449 g/mol. The molecule has 5 aromatic heterocycles. The highest BCUT2D eigenvalue weighted by Crippen LogP contribution is 2.48. The van der Waals surface area contributed by atoms with Gasteiger partial charge in [0.1, 0.15) is 0 Å². The normalized spacial score (nSPS) is 12.5. The van der Waals surface area contributed by atoms with Gasteiger partial charge < -0.3 is 0 Å². The number of thiophene rings is 5. The highest BCUT2D eigenvalue weighted by atomic mass is 32.1. The van der Waals surface area contributed by atoms with Crippen LogP contribution in [0.15, 0.2) is 53.9 Å². The van der Waals surface area contributed by atoms with Gasteiger partial charge in [0.15, 0.2) is 0 Å². The van der Waals surface area contributed by atoms with Gasteiger partial charge in [0.25, 0.3) is 0 Å². The molecule has 0 N–H and O–H groups in total. The molecule has 0 unspecified atom stereocenters. The van der Waals surface area contributed by atoms with Crippen LogP contribution in [0.25, 0.3) is 59.5 Å². The Morgan fingerprint density at radius 2 is 1.29 bits per heavy atom. The van der Waals surface area contributed by atoms with Gasteiger partial charge in [0.2, 0.25) is 0 Å². The Hall–Kier alpha value is -1.76. The molecule has 28 heavy (non-hydrogen) atoms. The van der Waals surface area contributed by atoms with Gasteiger partial charge in [-0.3, -0.25) is 0 Å². The van der Waals surface area contributed by atoms with Crippen LogP contribution in [0.4, 0.5) is 0 Å². The Kier molecular flexibility index (Phi) is 3.24. The Balaban J connectivity index is 1.53. The lowest BCUT2D eigenvalue weighted by Gasteiger charge is -1.93. The molecule has 7 aromatic rings. The van der Waals surface area contributed by atoms with E-state index in [1.807, 2.05) is 56.7 Å². The van der Waals surface area contributed by atoms with Gasteiger partial charge in [-0.05, 0) is 65.5 Å². The van der Waals surface area contributed by atoms with Crippen LogP contribution in [0.5, 0.6) is 0 Å². The molecule has 0 bridgehead atoms. The highest BCUT2D eigenvalue weighted by Gasteiger charge is 2.15. The monoisotopic (exact) mass is 448 g/mol. The number of fused-ring (bicyclic) bond motifs is 7. The molecule has 0 saturated heterocycles. The minimum atomic E-state index is 1.37. The zero-order valence-corrected chi connectivity index (χ0v) is 18.8. The Labute approximate surface area is 180 Å². The maximum Gasteiger partial charge on any atom is 0.0542 e. The first-order chi connectivity index (χ1) is 13.7. The number of hydrogen-bond acceptors (Lipinski definition) is 5. The summed E-state index contributed by atoms with van der Waals surface area (Å²) in [4.78, 5) is 4.14. The van der Waals surface area contributed by atoms with Crippen molar-refractivity contribution in [2.45, 2.75) is 6.92 Å². The molecule has 0 atom stereocenters. The van der Waals surface area contributed by atoms with Gasteiger partial charge in [-0.2, -0.15) is 0 Å². The van der Waals surface area contributed by atoms with Crippen molar-refractivity contribution in [3.63, 3.8) is 0 Å². The van der Waals surface area contributed by atoms with Crippen LogP contribution in [0, 0.1) is 6.92 Å². The summed E-state index contributed by atoms with van der Waals surface area (Å²) in [5, 5.41) is 7.77. The molecular formula is C23H12S5. The zero-order chi connectivity index (χ0) is 18.4. The van der Waals surface area contributed by atoms with E-state index >= 15 is 0 Å². The molecule has 0 aliphatic heterocycles. The van der Waals surface area contributed by atoms with E-state index in [0.29, 0.717) is 0 Å². The summed E-state index contributed by atoms with van der Waals surface area (Å²) in [5.74, 6) is 0.